The highest BCUT2D eigenvalue weighted by molar-refractivity contribution is 7.84. The lowest BCUT2D eigenvalue weighted by Crippen LogP contribution is -2.30. The second-order valence-electron chi connectivity index (χ2n) is 5.44. The first-order valence-electron chi connectivity index (χ1n) is 7.03. The molecule has 3 atom stereocenters. The van der Waals surface area contributed by atoms with Gasteiger partial charge in [-0.05, 0) is 44.2 Å². The molecule has 20 heavy (non-hydrogen) atoms. The minimum atomic E-state index is -0.700. The van der Waals surface area contributed by atoms with E-state index in [0.717, 1.165) is 12.2 Å². The molecule has 1 heterocycles. The summed E-state index contributed by atoms with van der Waals surface area (Å²) in [6.07, 6.45) is 2.73. The Bertz CT molecular complexity index is 606. The van der Waals surface area contributed by atoms with Gasteiger partial charge in [-0.15, -0.1) is 11.3 Å². The summed E-state index contributed by atoms with van der Waals surface area (Å²) in [4.78, 5) is 1.41. The number of benzene rings is 1. The maximum Gasteiger partial charge on any atom is 0.0391 e. The number of aryl methyl sites for hydroxylation is 1. The van der Waals surface area contributed by atoms with Crippen LogP contribution in [0, 0.1) is 6.92 Å². The lowest BCUT2D eigenvalue weighted by atomic mass is 10.1. The monoisotopic (exact) mass is 309 g/mol. The molecule has 0 bridgehead atoms. The molecule has 4 heteroatoms. The quantitative estimate of drug-likeness (QED) is 0.873. The van der Waals surface area contributed by atoms with Crippen LogP contribution >= 0.6 is 11.3 Å². The molecule has 0 aliphatic carbocycles. The Morgan fingerprint density at radius 1 is 1.30 bits per heavy atom. The molecule has 0 saturated heterocycles. The molecular formula is C16H23NOS2. The van der Waals surface area contributed by atoms with Crippen molar-refractivity contribution in [1.82, 2.24) is 5.32 Å². The van der Waals surface area contributed by atoms with Crippen LogP contribution in [0.4, 0.5) is 0 Å². The van der Waals surface area contributed by atoms with Gasteiger partial charge in [-0.1, -0.05) is 18.2 Å². The van der Waals surface area contributed by atoms with E-state index in [1.165, 1.54) is 20.5 Å². The predicted molar refractivity (Wildman–Crippen MR) is 91.1 cm³/mol. The minimum absolute atomic E-state index is 0.340. The molecule has 0 spiro atoms. The van der Waals surface area contributed by atoms with Crippen molar-refractivity contribution in [2.75, 3.05) is 12.0 Å². The predicted octanol–water partition coefficient (Wildman–Crippen LogP) is 4.02. The summed E-state index contributed by atoms with van der Waals surface area (Å²) in [7, 11) is -0.700. The molecule has 0 amide bonds. The maximum atomic E-state index is 11.2. The standard InChI is InChI=1S/C16H23NOS2/c1-11(9-10-20(4)18)17-13(3)16-12(2)14-7-5-6-8-15(14)19-16/h5-8,11,13,17H,9-10H2,1-4H3. The Hall–Kier alpha value is -0.710. The molecule has 0 aliphatic rings. The zero-order chi connectivity index (χ0) is 14.7. The van der Waals surface area contributed by atoms with Gasteiger partial charge < -0.3 is 5.32 Å². The van der Waals surface area contributed by atoms with Crippen LogP contribution in [-0.2, 0) is 10.8 Å². The van der Waals surface area contributed by atoms with Gasteiger partial charge in [0.15, 0.2) is 0 Å². The first-order valence-corrected chi connectivity index (χ1v) is 9.57. The average molecular weight is 310 g/mol. The number of fused-ring (bicyclic) bond motifs is 1. The summed E-state index contributed by atoms with van der Waals surface area (Å²) in [6, 6.07) is 9.31. The van der Waals surface area contributed by atoms with Gasteiger partial charge in [-0.2, -0.15) is 0 Å². The number of hydrogen-bond acceptors (Lipinski definition) is 3. The highest BCUT2D eigenvalue weighted by Gasteiger charge is 2.16. The largest absolute Gasteiger partial charge is 0.307 e. The Morgan fingerprint density at radius 2 is 2.00 bits per heavy atom. The van der Waals surface area contributed by atoms with Crippen molar-refractivity contribution in [2.24, 2.45) is 0 Å². The lowest BCUT2D eigenvalue weighted by molar-refractivity contribution is 0.474. The normalized spacial score (nSPS) is 16.2. The number of thiophene rings is 1. The van der Waals surface area contributed by atoms with Crippen molar-refractivity contribution in [2.45, 2.75) is 39.3 Å². The van der Waals surface area contributed by atoms with E-state index in [2.05, 4.69) is 50.4 Å². The first kappa shape index (κ1) is 15.7. The highest BCUT2D eigenvalue weighted by atomic mass is 32.2. The zero-order valence-electron chi connectivity index (χ0n) is 12.6. The van der Waals surface area contributed by atoms with Crippen LogP contribution in [0.1, 0.15) is 36.8 Å². The van der Waals surface area contributed by atoms with Gasteiger partial charge in [0.25, 0.3) is 0 Å². The van der Waals surface area contributed by atoms with Crippen molar-refractivity contribution in [3.8, 4) is 0 Å². The minimum Gasteiger partial charge on any atom is -0.307 e. The molecule has 1 aromatic carbocycles. The molecule has 0 aliphatic heterocycles. The van der Waals surface area contributed by atoms with Crippen LogP contribution in [0.15, 0.2) is 24.3 Å². The van der Waals surface area contributed by atoms with Gasteiger partial charge in [-0.3, -0.25) is 4.21 Å². The fourth-order valence-corrected chi connectivity index (χ4v) is 4.44. The van der Waals surface area contributed by atoms with E-state index in [0.29, 0.717) is 12.1 Å². The molecule has 0 fully saturated rings. The van der Waals surface area contributed by atoms with E-state index < -0.39 is 10.8 Å². The molecule has 2 aromatic rings. The van der Waals surface area contributed by atoms with Crippen LogP contribution in [0.2, 0.25) is 0 Å². The van der Waals surface area contributed by atoms with Crippen LogP contribution in [0.3, 0.4) is 0 Å². The van der Waals surface area contributed by atoms with Gasteiger partial charge in [0.2, 0.25) is 0 Å². The van der Waals surface area contributed by atoms with E-state index in [9.17, 15) is 4.21 Å². The highest BCUT2D eigenvalue weighted by Crippen LogP contribution is 2.34. The van der Waals surface area contributed by atoms with Gasteiger partial charge in [0.1, 0.15) is 0 Å². The molecule has 1 N–H and O–H groups in total. The van der Waals surface area contributed by atoms with Crippen molar-refractivity contribution >= 4 is 32.2 Å². The molecule has 0 radical (unpaired) electrons. The van der Waals surface area contributed by atoms with Crippen LogP contribution < -0.4 is 5.32 Å². The number of hydrogen-bond donors (Lipinski definition) is 1. The molecular weight excluding hydrogens is 286 g/mol. The molecule has 3 unspecified atom stereocenters. The first-order chi connectivity index (χ1) is 9.49. The van der Waals surface area contributed by atoms with E-state index >= 15 is 0 Å². The summed E-state index contributed by atoms with van der Waals surface area (Å²) >= 11 is 1.88. The molecule has 0 saturated carbocycles. The number of nitrogens with one attached hydrogen (secondary N) is 1. The van der Waals surface area contributed by atoms with Gasteiger partial charge in [0.05, 0.1) is 0 Å². The van der Waals surface area contributed by atoms with Crippen molar-refractivity contribution in [3.05, 3.63) is 34.7 Å². The van der Waals surface area contributed by atoms with Crippen LogP contribution in [0.5, 0.6) is 0 Å². The van der Waals surface area contributed by atoms with Crippen LogP contribution in [-0.4, -0.2) is 22.3 Å². The Balaban J connectivity index is 2.09. The third kappa shape index (κ3) is 3.68. The smallest absolute Gasteiger partial charge is 0.0391 e. The van der Waals surface area contributed by atoms with Crippen molar-refractivity contribution < 1.29 is 4.21 Å². The zero-order valence-corrected chi connectivity index (χ0v) is 14.2. The summed E-state index contributed by atoms with van der Waals surface area (Å²) in [5, 5.41) is 4.99. The Morgan fingerprint density at radius 3 is 2.65 bits per heavy atom. The lowest BCUT2D eigenvalue weighted by Gasteiger charge is -2.19. The maximum absolute atomic E-state index is 11.2. The van der Waals surface area contributed by atoms with Gasteiger partial charge in [0, 0.05) is 44.5 Å². The van der Waals surface area contributed by atoms with E-state index in [1.54, 1.807) is 6.26 Å². The summed E-state index contributed by atoms with van der Waals surface area (Å²) < 4.78 is 12.5. The SMILES string of the molecule is Cc1c(C(C)NC(C)CCS(C)=O)sc2ccccc12. The van der Waals surface area contributed by atoms with Gasteiger partial charge >= 0.3 is 0 Å². The van der Waals surface area contributed by atoms with E-state index in [-0.39, 0.29) is 0 Å². The van der Waals surface area contributed by atoms with Gasteiger partial charge in [-0.25, -0.2) is 0 Å². The van der Waals surface area contributed by atoms with Crippen molar-refractivity contribution in [3.63, 3.8) is 0 Å². The Kier molecular flexibility index (Phi) is 5.35. The van der Waals surface area contributed by atoms with E-state index in [4.69, 9.17) is 0 Å². The average Bonchev–Trinajstić information content (AvgIpc) is 2.74. The molecule has 1 aromatic heterocycles. The summed E-state index contributed by atoms with van der Waals surface area (Å²) in [5.41, 5.74) is 1.39. The summed E-state index contributed by atoms with van der Waals surface area (Å²) in [5.74, 6) is 0.770. The topological polar surface area (TPSA) is 29.1 Å². The third-order valence-electron chi connectivity index (χ3n) is 3.65. The fourth-order valence-electron chi connectivity index (χ4n) is 2.53. The molecule has 2 nitrogen and oxygen atoms in total. The van der Waals surface area contributed by atoms with E-state index in [1.807, 2.05) is 11.3 Å². The second-order valence-corrected chi connectivity index (χ2v) is 8.08. The summed E-state index contributed by atoms with van der Waals surface area (Å²) in [6.45, 7) is 6.60. The third-order valence-corrected chi connectivity index (χ3v) is 5.91. The Labute approximate surface area is 128 Å². The fraction of sp³-hybridized carbons (Fsp3) is 0.500. The molecule has 2 rings (SSSR count). The second kappa shape index (κ2) is 6.83. The van der Waals surface area contributed by atoms with Crippen molar-refractivity contribution in [1.29, 1.82) is 0 Å². The number of rotatable bonds is 6. The van der Waals surface area contributed by atoms with Crippen LogP contribution in [0.25, 0.3) is 10.1 Å². The molecule has 110 valence electrons.